The molecule has 0 saturated carbocycles. The minimum atomic E-state index is 0.106. The number of nitrogens with one attached hydrogen (secondary N) is 1. The van der Waals surface area contributed by atoms with Crippen LogP contribution < -0.4 is 5.32 Å². The van der Waals surface area contributed by atoms with E-state index in [-0.39, 0.29) is 11.9 Å². The second-order valence-electron chi connectivity index (χ2n) is 6.38. The maximum absolute atomic E-state index is 12.0. The third-order valence-electron chi connectivity index (χ3n) is 3.71. The van der Waals surface area contributed by atoms with E-state index < -0.39 is 0 Å². The van der Waals surface area contributed by atoms with Gasteiger partial charge < -0.3 is 5.32 Å². The number of amides is 1. The van der Waals surface area contributed by atoms with Crippen LogP contribution in [0.3, 0.4) is 0 Å². The van der Waals surface area contributed by atoms with Crippen LogP contribution in [0.2, 0.25) is 0 Å². The minimum Gasteiger partial charge on any atom is -0.353 e. The predicted octanol–water partition coefficient (Wildman–Crippen LogP) is 4.99. The fourth-order valence-electron chi connectivity index (χ4n) is 2.43. The van der Waals surface area contributed by atoms with E-state index in [1.165, 1.54) is 18.4 Å². The van der Waals surface area contributed by atoms with Gasteiger partial charge in [-0.15, -0.1) is 0 Å². The largest absolute Gasteiger partial charge is 0.353 e. The molecule has 1 aliphatic rings. The molecule has 23 heavy (non-hydrogen) atoms. The molecule has 1 aromatic rings. The van der Waals surface area contributed by atoms with Crippen LogP contribution in [0.4, 0.5) is 5.69 Å². The molecule has 3 nitrogen and oxygen atoms in total. The molecule has 1 heterocycles. The molecule has 126 valence electrons. The van der Waals surface area contributed by atoms with Gasteiger partial charge in [0.2, 0.25) is 5.91 Å². The van der Waals surface area contributed by atoms with Crippen molar-refractivity contribution in [2.75, 3.05) is 5.75 Å². The summed E-state index contributed by atoms with van der Waals surface area (Å²) >= 11 is 3.26. The SMILES string of the molecule is CC(C)CCCC(C)NC(=O)CSC1=Nc2ccccc2CS1. The van der Waals surface area contributed by atoms with Crippen molar-refractivity contribution in [3.8, 4) is 0 Å². The van der Waals surface area contributed by atoms with Crippen molar-refractivity contribution < 1.29 is 4.79 Å². The highest BCUT2D eigenvalue weighted by Gasteiger charge is 2.14. The Morgan fingerprint density at radius 3 is 2.87 bits per heavy atom. The number of nitrogens with zero attached hydrogens (tertiary/aromatic N) is 1. The van der Waals surface area contributed by atoms with Crippen LogP contribution in [0, 0.1) is 5.92 Å². The van der Waals surface area contributed by atoms with Crippen LogP contribution in [0.25, 0.3) is 0 Å². The summed E-state index contributed by atoms with van der Waals surface area (Å²) in [5, 5.41) is 3.09. The monoisotopic (exact) mass is 350 g/mol. The maximum Gasteiger partial charge on any atom is 0.230 e. The van der Waals surface area contributed by atoms with E-state index in [1.807, 2.05) is 18.2 Å². The number of para-hydroxylation sites is 1. The molecule has 1 aromatic carbocycles. The highest BCUT2D eigenvalue weighted by Crippen LogP contribution is 2.34. The third-order valence-corrected chi connectivity index (χ3v) is 5.95. The first-order chi connectivity index (χ1) is 11.0. The first kappa shape index (κ1) is 18.4. The Balaban J connectivity index is 1.72. The van der Waals surface area contributed by atoms with E-state index in [0.717, 1.165) is 28.2 Å². The first-order valence-corrected chi connectivity index (χ1v) is 10.2. The number of thioether (sulfide) groups is 2. The van der Waals surface area contributed by atoms with Gasteiger partial charge in [-0.1, -0.05) is 68.4 Å². The molecule has 1 atom stereocenters. The Morgan fingerprint density at radius 2 is 2.09 bits per heavy atom. The Kier molecular flexibility index (Phi) is 7.50. The van der Waals surface area contributed by atoms with E-state index in [4.69, 9.17) is 0 Å². The Hall–Kier alpha value is -0.940. The molecule has 2 rings (SSSR count). The summed E-state index contributed by atoms with van der Waals surface area (Å²) in [5.41, 5.74) is 2.31. The van der Waals surface area contributed by atoms with E-state index in [9.17, 15) is 4.79 Å². The Labute approximate surface area is 148 Å². The lowest BCUT2D eigenvalue weighted by Crippen LogP contribution is -2.34. The number of carbonyl (C=O) groups is 1. The number of fused-ring (bicyclic) bond motifs is 1. The summed E-state index contributed by atoms with van der Waals surface area (Å²) in [6.07, 6.45) is 3.45. The summed E-state index contributed by atoms with van der Waals surface area (Å²) in [6, 6.07) is 8.45. The molecule has 1 aliphatic heterocycles. The van der Waals surface area contributed by atoms with Gasteiger partial charge in [0.05, 0.1) is 11.4 Å². The molecule has 0 spiro atoms. The average molecular weight is 351 g/mol. The van der Waals surface area contributed by atoms with Crippen LogP contribution in [0.15, 0.2) is 29.3 Å². The van der Waals surface area contributed by atoms with Crippen molar-refractivity contribution in [2.45, 2.75) is 51.8 Å². The zero-order valence-electron chi connectivity index (χ0n) is 14.2. The lowest BCUT2D eigenvalue weighted by Gasteiger charge is -2.16. The van der Waals surface area contributed by atoms with E-state index in [1.54, 1.807) is 23.5 Å². The van der Waals surface area contributed by atoms with Gasteiger partial charge in [-0.25, -0.2) is 4.99 Å². The molecule has 0 radical (unpaired) electrons. The Bertz CT molecular complexity index is 558. The summed E-state index contributed by atoms with van der Waals surface area (Å²) in [7, 11) is 0. The molecule has 1 unspecified atom stereocenters. The quantitative estimate of drug-likeness (QED) is 0.753. The molecule has 0 bridgehead atoms. The number of hydrogen-bond donors (Lipinski definition) is 1. The fourth-order valence-corrected chi connectivity index (χ4v) is 4.31. The van der Waals surface area contributed by atoms with E-state index >= 15 is 0 Å². The molecule has 0 fully saturated rings. The standard InChI is InChI=1S/C18H26N2OS2/c1-13(2)7-6-8-14(3)19-17(21)12-23-18-20-16-10-5-4-9-15(16)11-22-18/h4-5,9-10,13-14H,6-8,11-12H2,1-3H3,(H,19,21). The maximum atomic E-state index is 12.0. The lowest BCUT2D eigenvalue weighted by atomic mass is 10.0. The summed E-state index contributed by atoms with van der Waals surface area (Å²) in [4.78, 5) is 16.7. The first-order valence-electron chi connectivity index (χ1n) is 8.26. The molecule has 1 N–H and O–H groups in total. The van der Waals surface area contributed by atoms with Gasteiger partial charge in [0.15, 0.2) is 0 Å². The van der Waals surface area contributed by atoms with Crippen LogP contribution in [-0.2, 0) is 10.5 Å². The van der Waals surface area contributed by atoms with Gasteiger partial charge in [-0.3, -0.25) is 4.79 Å². The van der Waals surface area contributed by atoms with Crippen molar-refractivity contribution in [1.29, 1.82) is 0 Å². The van der Waals surface area contributed by atoms with Crippen molar-refractivity contribution in [1.82, 2.24) is 5.32 Å². The molecular formula is C18H26N2OS2. The molecule has 0 aliphatic carbocycles. The average Bonchev–Trinajstić information content (AvgIpc) is 2.52. The van der Waals surface area contributed by atoms with Gasteiger partial charge >= 0.3 is 0 Å². The van der Waals surface area contributed by atoms with Gasteiger partial charge in [0.25, 0.3) is 0 Å². The second-order valence-corrected chi connectivity index (χ2v) is 8.56. The zero-order chi connectivity index (χ0) is 16.7. The Morgan fingerprint density at radius 1 is 1.30 bits per heavy atom. The molecular weight excluding hydrogens is 324 g/mol. The van der Waals surface area contributed by atoms with Gasteiger partial charge in [0, 0.05) is 11.8 Å². The van der Waals surface area contributed by atoms with Crippen LogP contribution in [0.1, 0.15) is 45.6 Å². The van der Waals surface area contributed by atoms with Gasteiger partial charge in [-0.05, 0) is 30.9 Å². The normalized spacial score (nSPS) is 15.0. The van der Waals surface area contributed by atoms with Crippen molar-refractivity contribution in [3.63, 3.8) is 0 Å². The summed E-state index contributed by atoms with van der Waals surface area (Å²) < 4.78 is 0.992. The van der Waals surface area contributed by atoms with Crippen molar-refractivity contribution >= 4 is 39.5 Å². The topological polar surface area (TPSA) is 41.5 Å². The van der Waals surface area contributed by atoms with Crippen molar-refractivity contribution in [3.05, 3.63) is 29.8 Å². The fraction of sp³-hybridized carbons (Fsp3) is 0.556. The number of carbonyl (C=O) groups excluding carboxylic acids is 1. The summed E-state index contributed by atoms with van der Waals surface area (Å²) in [6.45, 7) is 6.56. The number of hydrogen-bond acceptors (Lipinski definition) is 4. The zero-order valence-corrected chi connectivity index (χ0v) is 15.8. The number of aliphatic imine (C=N–C) groups is 1. The predicted molar refractivity (Wildman–Crippen MR) is 104 cm³/mol. The van der Waals surface area contributed by atoms with Crippen LogP contribution >= 0.6 is 23.5 Å². The molecule has 5 heteroatoms. The van der Waals surface area contributed by atoms with Crippen LogP contribution in [-0.4, -0.2) is 22.1 Å². The third kappa shape index (κ3) is 6.60. The minimum absolute atomic E-state index is 0.106. The highest BCUT2D eigenvalue weighted by atomic mass is 32.2. The van der Waals surface area contributed by atoms with E-state index in [0.29, 0.717) is 5.75 Å². The van der Waals surface area contributed by atoms with Gasteiger partial charge in [0.1, 0.15) is 4.38 Å². The molecule has 0 aromatic heterocycles. The highest BCUT2D eigenvalue weighted by molar-refractivity contribution is 8.38. The van der Waals surface area contributed by atoms with E-state index in [2.05, 4.69) is 37.1 Å². The van der Waals surface area contributed by atoms with Crippen LogP contribution in [0.5, 0.6) is 0 Å². The number of benzene rings is 1. The van der Waals surface area contributed by atoms with Crippen molar-refractivity contribution in [2.24, 2.45) is 10.9 Å². The number of rotatable bonds is 7. The lowest BCUT2D eigenvalue weighted by molar-refractivity contribution is -0.119. The molecule has 0 saturated heterocycles. The smallest absolute Gasteiger partial charge is 0.230 e. The van der Waals surface area contributed by atoms with Gasteiger partial charge in [-0.2, -0.15) is 0 Å². The summed E-state index contributed by atoms with van der Waals surface area (Å²) in [5.74, 6) is 2.23. The second kappa shape index (κ2) is 9.38. The molecule has 1 amide bonds.